The average molecular weight is 235 g/mol. The molecule has 0 saturated heterocycles. The van der Waals surface area contributed by atoms with Crippen LogP contribution in [-0.2, 0) is 11.3 Å². The third-order valence-corrected chi connectivity index (χ3v) is 2.51. The maximum absolute atomic E-state index is 5.33. The van der Waals surface area contributed by atoms with Gasteiger partial charge in [0.1, 0.15) is 5.76 Å². The van der Waals surface area contributed by atoms with Gasteiger partial charge in [-0.15, -0.1) is 0 Å². The number of furan rings is 1. The van der Waals surface area contributed by atoms with E-state index >= 15 is 0 Å². The number of hydrogen-bond acceptors (Lipinski definition) is 4. The van der Waals surface area contributed by atoms with Crippen LogP contribution in [0.2, 0.25) is 0 Å². The van der Waals surface area contributed by atoms with E-state index in [1.807, 2.05) is 29.9 Å². The summed E-state index contributed by atoms with van der Waals surface area (Å²) in [7, 11) is 1.68. The highest BCUT2D eigenvalue weighted by Crippen LogP contribution is 2.18. The number of anilines is 1. The van der Waals surface area contributed by atoms with Crippen LogP contribution in [0.5, 0.6) is 0 Å². The minimum Gasteiger partial charge on any atom is -0.467 e. The van der Waals surface area contributed by atoms with Crippen molar-refractivity contribution in [1.29, 1.82) is 0 Å². The Hall–Kier alpha value is -1.75. The van der Waals surface area contributed by atoms with E-state index in [1.54, 1.807) is 19.6 Å². The molecule has 92 valence electrons. The van der Waals surface area contributed by atoms with Gasteiger partial charge in [0.2, 0.25) is 0 Å². The van der Waals surface area contributed by atoms with Crippen LogP contribution in [0.4, 0.5) is 5.69 Å². The second-order valence-electron chi connectivity index (χ2n) is 3.87. The van der Waals surface area contributed by atoms with E-state index in [-0.39, 0.29) is 6.04 Å². The molecule has 1 atom stereocenters. The predicted molar refractivity (Wildman–Crippen MR) is 64.8 cm³/mol. The zero-order chi connectivity index (χ0) is 12.1. The lowest BCUT2D eigenvalue weighted by atomic mass is 10.2. The minimum atomic E-state index is 0.130. The first-order valence-corrected chi connectivity index (χ1v) is 5.61. The summed E-state index contributed by atoms with van der Waals surface area (Å²) in [6, 6.07) is 3.97. The van der Waals surface area contributed by atoms with Gasteiger partial charge in [0.15, 0.2) is 0 Å². The smallest absolute Gasteiger partial charge is 0.125 e. The highest BCUT2D eigenvalue weighted by molar-refractivity contribution is 5.40. The zero-order valence-corrected chi connectivity index (χ0v) is 10.1. The van der Waals surface area contributed by atoms with Crippen molar-refractivity contribution in [2.75, 3.05) is 19.0 Å². The van der Waals surface area contributed by atoms with Gasteiger partial charge in [-0.2, -0.15) is 5.10 Å². The normalized spacial score (nSPS) is 12.6. The molecule has 5 heteroatoms. The Balaban J connectivity index is 1.92. The number of methoxy groups -OCH3 is 1. The molecule has 2 rings (SSSR count). The number of ether oxygens (including phenoxy) is 1. The average Bonchev–Trinajstić information content (AvgIpc) is 2.97. The molecular formula is C12H17N3O2. The molecule has 5 nitrogen and oxygen atoms in total. The Labute approximate surface area is 100 Å². The van der Waals surface area contributed by atoms with Crippen LogP contribution >= 0.6 is 0 Å². The highest BCUT2D eigenvalue weighted by Gasteiger charge is 2.08. The third kappa shape index (κ3) is 3.10. The lowest BCUT2D eigenvalue weighted by Crippen LogP contribution is -2.06. The summed E-state index contributed by atoms with van der Waals surface area (Å²) in [6.07, 6.45) is 5.43. The molecule has 0 bridgehead atoms. The monoisotopic (exact) mass is 235 g/mol. The fourth-order valence-corrected chi connectivity index (χ4v) is 1.60. The van der Waals surface area contributed by atoms with Crippen molar-refractivity contribution in [3.05, 3.63) is 36.5 Å². The van der Waals surface area contributed by atoms with E-state index in [1.165, 1.54) is 0 Å². The summed E-state index contributed by atoms with van der Waals surface area (Å²) in [5, 5.41) is 7.55. The van der Waals surface area contributed by atoms with Gasteiger partial charge in [-0.25, -0.2) is 0 Å². The predicted octanol–water partition coefficient (Wildman–Crippen LogP) is 2.30. The molecule has 0 aromatic carbocycles. The lowest BCUT2D eigenvalue weighted by Gasteiger charge is -2.10. The van der Waals surface area contributed by atoms with Gasteiger partial charge >= 0.3 is 0 Å². The van der Waals surface area contributed by atoms with Crippen molar-refractivity contribution in [3.8, 4) is 0 Å². The van der Waals surface area contributed by atoms with Crippen molar-refractivity contribution in [1.82, 2.24) is 9.78 Å². The topological polar surface area (TPSA) is 52.2 Å². The maximum Gasteiger partial charge on any atom is 0.125 e. The molecule has 2 aromatic heterocycles. The van der Waals surface area contributed by atoms with Crippen LogP contribution < -0.4 is 5.32 Å². The number of aromatic nitrogens is 2. The number of nitrogens with zero attached hydrogens (tertiary/aromatic N) is 2. The highest BCUT2D eigenvalue weighted by atomic mass is 16.5. The molecule has 1 N–H and O–H groups in total. The first kappa shape index (κ1) is 11.7. The van der Waals surface area contributed by atoms with Crippen molar-refractivity contribution in [2.45, 2.75) is 19.5 Å². The van der Waals surface area contributed by atoms with Crippen LogP contribution in [-0.4, -0.2) is 23.5 Å². The first-order chi connectivity index (χ1) is 8.29. The second-order valence-corrected chi connectivity index (χ2v) is 3.87. The largest absolute Gasteiger partial charge is 0.467 e. The number of rotatable bonds is 6. The van der Waals surface area contributed by atoms with Gasteiger partial charge in [-0.1, -0.05) is 0 Å². The first-order valence-electron chi connectivity index (χ1n) is 5.61. The van der Waals surface area contributed by atoms with Gasteiger partial charge < -0.3 is 14.5 Å². The number of hydrogen-bond donors (Lipinski definition) is 1. The second kappa shape index (κ2) is 5.54. The summed E-state index contributed by atoms with van der Waals surface area (Å²) in [6.45, 7) is 3.47. The zero-order valence-electron chi connectivity index (χ0n) is 10.1. The van der Waals surface area contributed by atoms with E-state index < -0.39 is 0 Å². The third-order valence-electron chi connectivity index (χ3n) is 2.51. The standard InChI is InChI=1S/C12H17N3O2/c1-10(12-4-3-6-17-12)14-11-8-13-15(9-11)5-7-16-2/h3-4,6,8-10,14H,5,7H2,1-2H3. The van der Waals surface area contributed by atoms with E-state index in [0.29, 0.717) is 6.61 Å². The quantitative estimate of drug-likeness (QED) is 0.834. The van der Waals surface area contributed by atoms with Crippen LogP contribution in [0.25, 0.3) is 0 Å². The van der Waals surface area contributed by atoms with E-state index in [2.05, 4.69) is 10.4 Å². The van der Waals surface area contributed by atoms with Crippen molar-refractivity contribution < 1.29 is 9.15 Å². The fraction of sp³-hybridized carbons (Fsp3) is 0.417. The maximum atomic E-state index is 5.33. The molecule has 0 aliphatic rings. The summed E-state index contributed by atoms with van der Waals surface area (Å²) in [4.78, 5) is 0. The van der Waals surface area contributed by atoms with Crippen molar-refractivity contribution in [3.63, 3.8) is 0 Å². The fourth-order valence-electron chi connectivity index (χ4n) is 1.60. The minimum absolute atomic E-state index is 0.130. The molecular weight excluding hydrogens is 218 g/mol. The molecule has 0 aliphatic heterocycles. The number of nitrogens with one attached hydrogen (secondary N) is 1. The van der Waals surface area contributed by atoms with E-state index in [4.69, 9.17) is 9.15 Å². The Kier molecular flexibility index (Phi) is 3.82. The molecule has 2 aromatic rings. The Morgan fingerprint density at radius 1 is 1.59 bits per heavy atom. The molecule has 2 heterocycles. The summed E-state index contributed by atoms with van der Waals surface area (Å²) in [5.41, 5.74) is 0.977. The molecule has 0 aliphatic carbocycles. The molecule has 0 fully saturated rings. The van der Waals surface area contributed by atoms with E-state index in [0.717, 1.165) is 18.0 Å². The molecule has 0 amide bonds. The van der Waals surface area contributed by atoms with Crippen LogP contribution in [0, 0.1) is 0 Å². The van der Waals surface area contributed by atoms with Gasteiger partial charge in [-0.3, -0.25) is 4.68 Å². The molecule has 1 unspecified atom stereocenters. The summed E-state index contributed by atoms with van der Waals surface area (Å²) >= 11 is 0. The van der Waals surface area contributed by atoms with E-state index in [9.17, 15) is 0 Å². The molecule has 0 spiro atoms. The summed E-state index contributed by atoms with van der Waals surface area (Å²) in [5.74, 6) is 0.912. The van der Waals surface area contributed by atoms with Gasteiger partial charge in [0.05, 0.1) is 37.3 Å². The van der Waals surface area contributed by atoms with Gasteiger partial charge in [0, 0.05) is 13.3 Å². The Morgan fingerprint density at radius 3 is 3.18 bits per heavy atom. The molecule has 17 heavy (non-hydrogen) atoms. The Bertz CT molecular complexity index is 436. The van der Waals surface area contributed by atoms with Crippen LogP contribution in [0.1, 0.15) is 18.7 Å². The van der Waals surface area contributed by atoms with Gasteiger partial charge in [-0.05, 0) is 19.1 Å². The SMILES string of the molecule is COCCn1cc(NC(C)c2ccco2)cn1. The Morgan fingerprint density at radius 2 is 2.47 bits per heavy atom. The molecule has 0 saturated carbocycles. The van der Waals surface area contributed by atoms with Crippen molar-refractivity contribution >= 4 is 5.69 Å². The van der Waals surface area contributed by atoms with Crippen molar-refractivity contribution in [2.24, 2.45) is 0 Å². The summed E-state index contributed by atoms with van der Waals surface area (Å²) < 4.78 is 12.2. The van der Waals surface area contributed by atoms with Gasteiger partial charge in [0.25, 0.3) is 0 Å². The lowest BCUT2D eigenvalue weighted by molar-refractivity contribution is 0.183. The molecule has 0 radical (unpaired) electrons. The van der Waals surface area contributed by atoms with Crippen LogP contribution in [0.3, 0.4) is 0 Å². The van der Waals surface area contributed by atoms with Crippen LogP contribution in [0.15, 0.2) is 35.2 Å².